The van der Waals surface area contributed by atoms with E-state index in [9.17, 15) is 22.0 Å². The molecular weight excluding hydrogens is 359 g/mol. The molecule has 27 heavy (non-hydrogen) atoms. The first-order valence-corrected chi connectivity index (χ1v) is 9.71. The molecule has 0 N–H and O–H groups in total. The van der Waals surface area contributed by atoms with Crippen LogP contribution in [0.1, 0.15) is 69.4 Å². The molecule has 0 bridgehead atoms. The van der Waals surface area contributed by atoms with Crippen LogP contribution in [0.5, 0.6) is 0 Å². The third-order valence-electron chi connectivity index (χ3n) is 5.02. The van der Waals surface area contributed by atoms with E-state index in [-0.39, 0.29) is 11.5 Å². The van der Waals surface area contributed by atoms with Gasteiger partial charge in [0, 0.05) is 5.56 Å². The van der Waals surface area contributed by atoms with Crippen LogP contribution in [-0.2, 0) is 6.42 Å². The minimum atomic E-state index is -4.19. The maximum Gasteiger partial charge on any atom is 0.392 e. The van der Waals surface area contributed by atoms with Crippen molar-refractivity contribution in [2.24, 2.45) is 5.92 Å². The molecule has 1 unspecified atom stereocenters. The van der Waals surface area contributed by atoms with E-state index >= 15 is 0 Å². The van der Waals surface area contributed by atoms with E-state index < -0.39 is 24.2 Å². The molecule has 0 saturated carbocycles. The Bertz CT molecular complexity index is 670. The van der Waals surface area contributed by atoms with Gasteiger partial charge in [-0.25, -0.2) is 8.78 Å². The fraction of sp³-hybridized carbons (Fsp3) is 0.545. The summed E-state index contributed by atoms with van der Waals surface area (Å²) in [5, 5.41) is 0. The fourth-order valence-electron chi connectivity index (χ4n) is 3.44. The van der Waals surface area contributed by atoms with Crippen molar-refractivity contribution in [3.63, 3.8) is 0 Å². The SMILES string of the molecule is CCCCCCc1ccc(C2=CCC(C=CCC(F)(F)F)CC2)c(F)c1F. The average Bonchev–Trinajstić information content (AvgIpc) is 2.62. The summed E-state index contributed by atoms with van der Waals surface area (Å²) < 4.78 is 65.4. The summed E-state index contributed by atoms with van der Waals surface area (Å²) in [6, 6.07) is 3.30. The lowest BCUT2D eigenvalue weighted by Gasteiger charge is -2.20. The van der Waals surface area contributed by atoms with Gasteiger partial charge in [0.1, 0.15) is 0 Å². The van der Waals surface area contributed by atoms with Crippen molar-refractivity contribution < 1.29 is 22.0 Å². The van der Waals surface area contributed by atoms with Gasteiger partial charge < -0.3 is 0 Å². The molecule has 0 amide bonds. The molecule has 2 rings (SSSR count). The van der Waals surface area contributed by atoms with E-state index in [4.69, 9.17) is 0 Å². The molecule has 0 radical (unpaired) electrons. The van der Waals surface area contributed by atoms with E-state index in [1.807, 2.05) is 6.08 Å². The first-order valence-electron chi connectivity index (χ1n) is 9.71. The Labute approximate surface area is 158 Å². The van der Waals surface area contributed by atoms with Gasteiger partial charge in [0.15, 0.2) is 11.6 Å². The van der Waals surface area contributed by atoms with Crippen LogP contribution in [0, 0.1) is 17.6 Å². The zero-order chi connectivity index (χ0) is 19.9. The van der Waals surface area contributed by atoms with Crippen molar-refractivity contribution in [1.82, 2.24) is 0 Å². The minimum Gasteiger partial charge on any atom is -0.203 e. The zero-order valence-corrected chi connectivity index (χ0v) is 15.7. The number of rotatable bonds is 8. The quantitative estimate of drug-likeness (QED) is 0.243. The molecule has 0 heterocycles. The lowest BCUT2D eigenvalue weighted by molar-refractivity contribution is -0.125. The number of hydrogen-bond acceptors (Lipinski definition) is 0. The summed E-state index contributed by atoms with van der Waals surface area (Å²) in [6.45, 7) is 2.10. The average molecular weight is 386 g/mol. The highest BCUT2D eigenvalue weighted by atomic mass is 19.4. The molecule has 1 atom stereocenters. The summed E-state index contributed by atoms with van der Waals surface area (Å²) in [7, 11) is 0. The number of halogens is 5. The third-order valence-corrected chi connectivity index (χ3v) is 5.02. The molecule has 1 aromatic rings. The van der Waals surface area contributed by atoms with E-state index in [1.54, 1.807) is 18.2 Å². The van der Waals surface area contributed by atoms with E-state index in [0.717, 1.165) is 37.3 Å². The van der Waals surface area contributed by atoms with Crippen LogP contribution in [-0.4, -0.2) is 6.18 Å². The minimum absolute atomic E-state index is 0.0156. The van der Waals surface area contributed by atoms with Crippen molar-refractivity contribution in [1.29, 1.82) is 0 Å². The van der Waals surface area contributed by atoms with Crippen molar-refractivity contribution >= 4 is 5.57 Å². The second kappa shape index (κ2) is 10.0. The first kappa shape index (κ1) is 21.6. The molecule has 5 heteroatoms. The monoisotopic (exact) mass is 386 g/mol. The van der Waals surface area contributed by atoms with Crippen LogP contribution in [0.3, 0.4) is 0 Å². The summed E-state index contributed by atoms with van der Waals surface area (Å²) in [5.74, 6) is -1.56. The summed E-state index contributed by atoms with van der Waals surface area (Å²) in [5.41, 5.74) is 1.43. The first-order chi connectivity index (χ1) is 12.8. The molecule has 0 aromatic heterocycles. The molecule has 150 valence electrons. The van der Waals surface area contributed by atoms with Crippen LogP contribution in [0.4, 0.5) is 22.0 Å². The summed E-state index contributed by atoms with van der Waals surface area (Å²) in [6.07, 6.45) is 5.73. The Morgan fingerprint density at radius 2 is 1.85 bits per heavy atom. The van der Waals surface area contributed by atoms with Crippen molar-refractivity contribution in [2.75, 3.05) is 0 Å². The molecule has 0 aliphatic heterocycles. The maximum atomic E-state index is 14.5. The van der Waals surface area contributed by atoms with Crippen LogP contribution in [0.25, 0.3) is 5.57 Å². The number of alkyl halides is 3. The Hall–Kier alpha value is -1.65. The molecule has 0 saturated heterocycles. The van der Waals surface area contributed by atoms with Gasteiger partial charge in [-0.1, -0.05) is 56.5 Å². The van der Waals surface area contributed by atoms with Gasteiger partial charge in [-0.2, -0.15) is 13.2 Å². The molecule has 0 fully saturated rings. The highest BCUT2D eigenvalue weighted by molar-refractivity contribution is 5.67. The standard InChI is InChI=1S/C22H27F5/c1-2-3-4-5-8-18-13-14-19(21(24)20(18)23)17-11-9-16(10-12-17)7-6-15-22(25,26)27/h6-7,11,13-14,16H,2-5,8-10,12,15H2,1H3. The lowest BCUT2D eigenvalue weighted by atomic mass is 9.85. The molecule has 1 aromatic carbocycles. The smallest absolute Gasteiger partial charge is 0.203 e. The van der Waals surface area contributed by atoms with Gasteiger partial charge >= 0.3 is 6.18 Å². The van der Waals surface area contributed by atoms with Gasteiger partial charge in [0.25, 0.3) is 0 Å². The topological polar surface area (TPSA) is 0 Å². The van der Waals surface area contributed by atoms with E-state index in [0.29, 0.717) is 31.2 Å². The van der Waals surface area contributed by atoms with E-state index in [2.05, 4.69) is 6.92 Å². The van der Waals surface area contributed by atoms with Crippen LogP contribution < -0.4 is 0 Å². The second-order valence-electron chi connectivity index (χ2n) is 7.22. The Balaban J connectivity index is 1.99. The van der Waals surface area contributed by atoms with Crippen LogP contribution in [0.15, 0.2) is 30.4 Å². The number of hydrogen-bond donors (Lipinski definition) is 0. The van der Waals surface area contributed by atoms with Gasteiger partial charge in [0.05, 0.1) is 6.42 Å². The Morgan fingerprint density at radius 3 is 2.48 bits per heavy atom. The molecule has 1 aliphatic carbocycles. The van der Waals surface area contributed by atoms with Gasteiger partial charge in [0.2, 0.25) is 0 Å². The highest BCUT2D eigenvalue weighted by Gasteiger charge is 2.25. The van der Waals surface area contributed by atoms with Crippen molar-refractivity contribution in [3.8, 4) is 0 Å². The molecule has 0 nitrogen and oxygen atoms in total. The molecule has 1 aliphatic rings. The number of unbranched alkanes of at least 4 members (excludes halogenated alkanes) is 3. The second-order valence-corrected chi connectivity index (χ2v) is 7.22. The predicted molar refractivity (Wildman–Crippen MR) is 99.3 cm³/mol. The predicted octanol–water partition coefficient (Wildman–Crippen LogP) is 7.78. The largest absolute Gasteiger partial charge is 0.392 e. The Morgan fingerprint density at radius 1 is 1.07 bits per heavy atom. The molecule has 0 spiro atoms. The van der Waals surface area contributed by atoms with Crippen LogP contribution in [0.2, 0.25) is 0 Å². The third kappa shape index (κ3) is 6.78. The zero-order valence-electron chi connectivity index (χ0n) is 15.7. The molecular formula is C22H27F5. The van der Waals surface area contributed by atoms with Crippen LogP contribution >= 0.6 is 0 Å². The lowest BCUT2D eigenvalue weighted by Crippen LogP contribution is -2.07. The van der Waals surface area contributed by atoms with Gasteiger partial charge in [-0.15, -0.1) is 0 Å². The van der Waals surface area contributed by atoms with Gasteiger partial charge in [-0.05, 0) is 49.2 Å². The number of allylic oxidation sites excluding steroid dienone is 4. The number of aryl methyl sites for hydroxylation is 1. The number of benzene rings is 1. The summed E-state index contributed by atoms with van der Waals surface area (Å²) >= 11 is 0. The summed E-state index contributed by atoms with van der Waals surface area (Å²) in [4.78, 5) is 0. The van der Waals surface area contributed by atoms with Gasteiger partial charge in [-0.3, -0.25) is 0 Å². The fourth-order valence-corrected chi connectivity index (χ4v) is 3.44. The van der Waals surface area contributed by atoms with E-state index in [1.165, 1.54) is 0 Å². The maximum absolute atomic E-state index is 14.5. The Kier molecular flexibility index (Phi) is 8.06. The van der Waals surface area contributed by atoms with Crippen molar-refractivity contribution in [3.05, 3.63) is 53.1 Å². The van der Waals surface area contributed by atoms with Crippen molar-refractivity contribution in [2.45, 2.75) is 70.9 Å². The normalized spacial score (nSPS) is 18.1. The highest BCUT2D eigenvalue weighted by Crippen LogP contribution is 2.34.